The maximum atomic E-state index is 5.77. The van der Waals surface area contributed by atoms with E-state index in [9.17, 15) is 0 Å². The van der Waals surface area contributed by atoms with E-state index in [0.29, 0.717) is 0 Å². The van der Waals surface area contributed by atoms with Crippen molar-refractivity contribution in [1.29, 1.82) is 0 Å². The summed E-state index contributed by atoms with van der Waals surface area (Å²) in [5.74, 6) is 0. The van der Waals surface area contributed by atoms with E-state index in [0.717, 1.165) is 35.5 Å². The Kier molecular flexibility index (Phi) is 5.40. The predicted octanol–water partition coefficient (Wildman–Crippen LogP) is 5.09. The second-order valence-electron chi connectivity index (χ2n) is 7.02. The van der Waals surface area contributed by atoms with E-state index in [2.05, 4.69) is 79.1 Å². The first-order valence-electron chi connectivity index (χ1n) is 9.13. The number of oxime groups is 1. The van der Waals surface area contributed by atoms with Crippen molar-refractivity contribution >= 4 is 17.7 Å². The van der Waals surface area contributed by atoms with E-state index >= 15 is 0 Å². The summed E-state index contributed by atoms with van der Waals surface area (Å²) in [5, 5.41) is 4.34. The highest BCUT2D eigenvalue weighted by atomic mass is 16.6. The lowest BCUT2D eigenvalue weighted by molar-refractivity contribution is 0.0852. The molecule has 2 aromatic rings. The molecule has 0 amide bonds. The maximum Gasteiger partial charge on any atom is 0.158 e. The molecule has 2 aromatic carbocycles. The van der Waals surface area contributed by atoms with Crippen LogP contribution >= 0.6 is 0 Å². The molecule has 26 heavy (non-hydrogen) atoms. The van der Waals surface area contributed by atoms with Gasteiger partial charge in [0.15, 0.2) is 6.10 Å². The molecule has 4 heteroatoms. The van der Waals surface area contributed by atoms with Gasteiger partial charge >= 0.3 is 0 Å². The molecule has 0 spiro atoms. The van der Waals surface area contributed by atoms with Crippen molar-refractivity contribution in [2.45, 2.75) is 40.2 Å². The zero-order valence-electron chi connectivity index (χ0n) is 16.3. The third-order valence-corrected chi connectivity index (χ3v) is 4.88. The van der Waals surface area contributed by atoms with Gasteiger partial charge < -0.3 is 9.74 Å². The van der Waals surface area contributed by atoms with E-state index in [-0.39, 0.29) is 6.10 Å². The van der Waals surface area contributed by atoms with Gasteiger partial charge in [0.2, 0.25) is 0 Å². The molecule has 0 aromatic heterocycles. The molecule has 1 unspecified atom stereocenters. The number of hydrogen-bond donors (Lipinski definition) is 0. The molecule has 4 nitrogen and oxygen atoms in total. The summed E-state index contributed by atoms with van der Waals surface area (Å²) in [7, 11) is 2.02. The number of aliphatic imine (C=N–C) groups is 1. The first-order valence-corrected chi connectivity index (χ1v) is 9.13. The number of rotatable bonds is 5. The topological polar surface area (TPSA) is 37.2 Å². The number of aryl methyl sites for hydroxylation is 3. The van der Waals surface area contributed by atoms with Crippen molar-refractivity contribution in [3.63, 3.8) is 0 Å². The molecule has 1 atom stereocenters. The van der Waals surface area contributed by atoms with Crippen LogP contribution < -0.4 is 0 Å². The minimum absolute atomic E-state index is 0.0265. The van der Waals surface area contributed by atoms with E-state index in [1.54, 1.807) is 0 Å². The van der Waals surface area contributed by atoms with Crippen LogP contribution in [0.15, 0.2) is 46.5 Å². The third kappa shape index (κ3) is 3.96. The molecule has 0 aliphatic carbocycles. The zero-order valence-corrected chi connectivity index (χ0v) is 16.3. The van der Waals surface area contributed by atoms with Crippen LogP contribution in [0.25, 0.3) is 0 Å². The molecular formula is C22H27N3O. The molecule has 0 radical (unpaired) electrons. The fraction of sp³-hybridized carbons (Fsp3) is 0.364. The van der Waals surface area contributed by atoms with Crippen LogP contribution in [-0.4, -0.2) is 30.5 Å². The lowest BCUT2D eigenvalue weighted by atomic mass is 9.95. The Hall–Kier alpha value is -2.62. The van der Waals surface area contributed by atoms with Crippen LogP contribution in [0, 0.1) is 20.8 Å². The van der Waals surface area contributed by atoms with Crippen molar-refractivity contribution in [3.8, 4) is 0 Å². The van der Waals surface area contributed by atoms with Gasteiger partial charge in [-0.2, -0.15) is 0 Å². The smallest absolute Gasteiger partial charge is 0.158 e. The summed E-state index contributed by atoms with van der Waals surface area (Å²) in [6.07, 6.45) is 2.65. The minimum Gasteiger partial charge on any atom is -0.387 e. The van der Waals surface area contributed by atoms with Gasteiger partial charge in [0.05, 0.1) is 17.7 Å². The first kappa shape index (κ1) is 18.2. The van der Waals surface area contributed by atoms with Gasteiger partial charge in [0.1, 0.15) is 0 Å². The van der Waals surface area contributed by atoms with Gasteiger partial charge in [-0.3, -0.25) is 0 Å². The molecular weight excluding hydrogens is 322 g/mol. The molecule has 0 N–H and O–H groups in total. The summed E-state index contributed by atoms with van der Waals surface area (Å²) < 4.78 is 0. The standard InChI is InChI=1S/C22H27N3O/c1-6-25(5)14-23-20-12-16(3)19(11-17(20)4)22-13-21(24-26-22)18-9-7-15(2)8-10-18/h7-12,14,22H,6,13H2,1-5H3/b23-14-. The van der Waals surface area contributed by atoms with Gasteiger partial charge in [0, 0.05) is 20.0 Å². The Morgan fingerprint density at radius 1 is 1.15 bits per heavy atom. The molecule has 1 heterocycles. The summed E-state index contributed by atoms with van der Waals surface area (Å²) >= 11 is 0. The summed E-state index contributed by atoms with van der Waals surface area (Å²) in [6, 6.07) is 12.8. The van der Waals surface area contributed by atoms with Crippen LogP contribution in [0.4, 0.5) is 5.69 Å². The fourth-order valence-corrected chi connectivity index (χ4v) is 3.01. The average Bonchev–Trinajstić information content (AvgIpc) is 3.12. The lowest BCUT2D eigenvalue weighted by Gasteiger charge is -2.15. The predicted molar refractivity (Wildman–Crippen MR) is 109 cm³/mol. The summed E-state index contributed by atoms with van der Waals surface area (Å²) in [5.41, 5.74) is 7.93. The minimum atomic E-state index is -0.0265. The van der Waals surface area contributed by atoms with Crippen molar-refractivity contribution in [2.24, 2.45) is 10.1 Å². The monoisotopic (exact) mass is 349 g/mol. The van der Waals surface area contributed by atoms with E-state index in [1.165, 1.54) is 16.7 Å². The first-order chi connectivity index (χ1) is 12.5. The van der Waals surface area contributed by atoms with Gasteiger partial charge in [-0.1, -0.05) is 35.0 Å². The Bertz CT molecular complexity index is 837. The second-order valence-corrected chi connectivity index (χ2v) is 7.02. The van der Waals surface area contributed by atoms with Gasteiger partial charge in [-0.15, -0.1) is 0 Å². The number of hydrogen-bond acceptors (Lipinski definition) is 3. The van der Waals surface area contributed by atoms with Crippen molar-refractivity contribution in [2.75, 3.05) is 13.6 Å². The number of nitrogens with zero attached hydrogens (tertiary/aromatic N) is 3. The van der Waals surface area contributed by atoms with Crippen molar-refractivity contribution in [1.82, 2.24) is 4.90 Å². The largest absolute Gasteiger partial charge is 0.387 e. The third-order valence-electron chi connectivity index (χ3n) is 4.88. The Labute approximate surface area is 156 Å². The Balaban J connectivity index is 1.77. The highest BCUT2D eigenvalue weighted by molar-refractivity contribution is 6.01. The second kappa shape index (κ2) is 7.73. The van der Waals surface area contributed by atoms with E-state index < -0.39 is 0 Å². The van der Waals surface area contributed by atoms with Crippen molar-refractivity contribution < 1.29 is 4.84 Å². The Morgan fingerprint density at radius 2 is 1.88 bits per heavy atom. The van der Waals surface area contributed by atoms with Crippen LogP contribution in [0.5, 0.6) is 0 Å². The SMILES string of the molecule is CCN(C)/C=N\c1cc(C)c(C2CC(c3ccc(C)cc3)=NO2)cc1C. The van der Waals surface area contributed by atoms with Gasteiger partial charge in [-0.25, -0.2) is 4.99 Å². The molecule has 0 saturated carbocycles. The van der Waals surface area contributed by atoms with Crippen LogP contribution in [0.1, 0.15) is 47.3 Å². The molecule has 0 saturated heterocycles. The van der Waals surface area contributed by atoms with E-state index in [1.807, 2.05) is 13.4 Å². The number of benzene rings is 2. The van der Waals surface area contributed by atoms with Crippen LogP contribution in [0.2, 0.25) is 0 Å². The van der Waals surface area contributed by atoms with Crippen LogP contribution in [0.3, 0.4) is 0 Å². The van der Waals surface area contributed by atoms with Gasteiger partial charge in [-0.05, 0) is 62.1 Å². The molecule has 1 aliphatic rings. The van der Waals surface area contributed by atoms with Crippen molar-refractivity contribution in [3.05, 3.63) is 64.2 Å². The zero-order chi connectivity index (χ0) is 18.7. The molecule has 3 rings (SSSR count). The average molecular weight is 349 g/mol. The maximum absolute atomic E-state index is 5.77. The summed E-state index contributed by atoms with van der Waals surface area (Å²) in [4.78, 5) is 12.4. The molecule has 136 valence electrons. The van der Waals surface area contributed by atoms with Crippen LogP contribution in [-0.2, 0) is 4.84 Å². The molecule has 1 aliphatic heterocycles. The quantitative estimate of drug-likeness (QED) is 0.557. The Morgan fingerprint density at radius 3 is 2.58 bits per heavy atom. The van der Waals surface area contributed by atoms with Gasteiger partial charge in [0.25, 0.3) is 0 Å². The highest BCUT2D eigenvalue weighted by Crippen LogP contribution is 2.34. The lowest BCUT2D eigenvalue weighted by Crippen LogP contribution is -2.14. The summed E-state index contributed by atoms with van der Waals surface area (Å²) in [6.45, 7) is 9.35. The van der Waals surface area contributed by atoms with E-state index in [4.69, 9.17) is 4.84 Å². The molecule has 0 bridgehead atoms. The highest BCUT2D eigenvalue weighted by Gasteiger charge is 2.25. The molecule has 0 fully saturated rings. The fourth-order valence-electron chi connectivity index (χ4n) is 3.01. The normalized spacial score (nSPS) is 16.7.